The normalized spacial score (nSPS) is 20.9. The van der Waals surface area contributed by atoms with E-state index in [2.05, 4.69) is 23.2 Å². The molecular weight excluding hydrogens is 190 g/mol. The monoisotopic (exact) mass is 207 g/mol. The van der Waals surface area contributed by atoms with Gasteiger partial charge in [-0.25, -0.2) is 0 Å². The first-order valence-electron chi connectivity index (χ1n) is 5.18. The molecule has 1 aromatic rings. The van der Waals surface area contributed by atoms with Crippen LogP contribution in [0.5, 0.6) is 0 Å². The average molecular weight is 207 g/mol. The van der Waals surface area contributed by atoms with Gasteiger partial charge < -0.3 is 10.6 Å². The third kappa shape index (κ3) is 1.58. The second kappa shape index (κ2) is 3.56. The molecule has 1 aliphatic heterocycles. The Morgan fingerprint density at radius 1 is 1.53 bits per heavy atom. The molecule has 1 atom stereocenters. The Bertz CT molecular complexity index is 393. The third-order valence-corrected chi connectivity index (χ3v) is 2.89. The van der Waals surface area contributed by atoms with Gasteiger partial charge in [0.1, 0.15) is 0 Å². The maximum Gasteiger partial charge on any atom is 0.191 e. The summed E-state index contributed by atoms with van der Waals surface area (Å²) in [5.41, 5.74) is 8.13. The molecule has 5 heteroatoms. The van der Waals surface area contributed by atoms with Crippen LogP contribution in [-0.2, 0) is 13.5 Å². The van der Waals surface area contributed by atoms with Crippen molar-refractivity contribution in [3.8, 4) is 0 Å². The zero-order chi connectivity index (χ0) is 11.0. The predicted molar refractivity (Wildman–Crippen MR) is 59.6 cm³/mol. The largest absolute Gasteiger partial charge is 0.370 e. The molecule has 0 fully saturated rings. The van der Waals surface area contributed by atoms with Gasteiger partial charge in [0.25, 0.3) is 0 Å². The van der Waals surface area contributed by atoms with Crippen LogP contribution in [0.1, 0.15) is 24.2 Å². The number of nitrogens with two attached hydrogens (primary N) is 1. The van der Waals surface area contributed by atoms with Crippen LogP contribution in [0.4, 0.5) is 0 Å². The van der Waals surface area contributed by atoms with E-state index >= 15 is 0 Å². The van der Waals surface area contributed by atoms with Crippen molar-refractivity contribution in [2.45, 2.75) is 19.4 Å². The molecule has 2 N–H and O–H groups in total. The summed E-state index contributed by atoms with van der Waals surface area (Å²) in [5.74, 6) is 0.617. The van der Waals surface area contributed by atoms with Crippen LogP contribution in [-0.4, -0.2) is 34.2 Å². The van der Waals surface area contributed by atoms with E-state index in [0.29, 0.717) is 5.96 Å². The first kappa shape index (κ1) is 10.0. The van der Waals surface area contributed by atoms with Crippen molar-refractivity contribution in [1.29, 1.82) is 0 Å². The van der Waals surface area contributed by atoms with E-state index in [4.69, 9.17) is 5.73 Å². The molecule has 1 unspecified atom stereocenters. The van der Waals surface area contributed by atoms with Crippen molar-refractivity contribution in [3.05, 3.63) is 17.5 Å². The maximum absolute atomic E-state index is 5.75. The molecule has 0 saturated heterocycles. The van der Waals surface area contributed by atoms with Gasteiger partial charge in [-0.2, -0.15) is 5.10 Å². The molecule has 1 aliphatic rings. The number of rotatable bonds is 2. The molecule has 2 heterocycles. The van der Waals surface area contributed by atoms with Crippen molar-refractivity contribution >= 4 is 5.96 Å². The molecule has 0 aromatic carbocycles. The van der Waals surface area contributed by atoms with Gasteiger partial charge in [0.05, 0.1) is 18.3 Å². The van der Waals surface area contributed by atoms with E-state index in [1.165, 1.54) is 5.56 Å². The summed E-state index contributed by atoms with van der Waals surface area (Å²) in [7, 11) is 3.92. The molecule has 15 heavy (non-hydrogen) atoms. The van der Waals surface area contributed by atoms with Gasteiger partial charge >= 0.3 is 0 Å². The number of aliphatic imine (C=N–C) groups is 1. The molecular formula is C10H17N5. The van der Waals surface area contributed by atoms with Crippen LogP contribution in [0, 0.1) is 0 Å². The quantitative estimate of drug-likeness (QED) is 0.758. The van der Waals surface area contributed by atoms with Crippen molar-refractivity contribution in [3.63, 3.8) is 0 Å². The molecule has 0 bridgehead atoms. The highest BCUT2D eigenvalue weighted by atomic mass is 15.3. The molecule has 2 rings (SSSR count). The van der Waals surface area contributed by atoms with Gasteiger partial charge in [0, 0.05) is 25.9 Å². The molecule has 1 aromatic heterocycles. The first-order valence-corrected chi connectivity index (χ1v) is 5.18. The molecule has 0 amide bonds. The van der Waals surface area contributed by atoms with E-state index in [1.54, 1.807) is 0 Å². The van der Waals surface area contributed by atoms with Crippen LogP contribution in [0.25, 0.3) is 0 Å². The minimum atomic E-state index is 0.258. The third-order valence-electron chi connectivity index (χ3n) is 2.89. The van der Waals surface area contributed by atoms with Crippen LogP contribution < -0.4 is 5.73 Å². The average Bonchev–Trinajstić information content (AvgIpc) is 2.72. The lowest BCUT2D eigenvalue weighted by Crippen LogP contribution is -2.32. The van der Waals surface area contributed by atoms with Crippen LogP contribution in [0.2, 0.25) is 0 Å². The lowest BCUT2D eigenvalue weighted by Gasteiger charge is -2.20. The standard InChI is InChI=1S/C10H17N5/c1-4-8-7(6-14(2)13-8)9-5-12-10(11)15(9)3/h6,9H,4-5H2,1-3H3,(H2,11,12). The Morgan fingerprint density at radius 3 is 2.80 bits per heavy atom. The number of aryl methyl sites for hydroxylation is 2. The highest BCUT2D eigenvalue weighted by Gasteiger charge is 2.27. The number of nitrogens with zero attached hydrogens (tertiary/aromatic N) is 4. The fourth-order valence-electron chi connectivity index (χ4n) is 1.99. The summed E-state index contributed by atoms with van der Waals surface area (Å²) >= 11 is 0. The lowest BCUT2D eigenvalue weighted by molar-refractivity contribution is 0.412. The molecule has 0 saturated carbocycles. The van der Waals surface area contributed by atoms with E-state index < -0.39 is 0 Å². The van der Waals surface area contributed by atoms with Gasteiger partial charge in [-0.3, -0.25) is 9.67 Å². The van der Waals surface area contributed by atoms with Gasteiger partial charge in [-0.1, -0.05) is 6.92 Å². The Morgan fingerprint density at radius 2 is 2.27 bits per heavy atom. The number of hydrogen-bond donors (Lipinski definition) is 1. The van der Waals surface area contributed by atoms with Crippen LogP contribution in [0.3, 0.4) is 0 Å². The Hall–Kier alpha value is -1.52. The Kier molecular flexibility index (Phi) is 2.38. The SMILES string of the molecule is CCc1nn(C)cc1C1CN=C(N)N1C. The number of guanidine groups is 1. The van der Waals surface area contributed by atoms with Gasteiger partial charge in [0.15, 0.2) is 5.96 Å². The van der Waals surface area contributed by atoms with Gasteiger partial charge in [-0.15, -0.1) is 0 Å². The smallest absolute Gasteiger partial charge is 0.191 e. The number of hydrogen-bond acceptors (Lipinski definition) is 4. The van der Waals surface area contributed by atoms with E-state index in [0.717, 1.165) is 18.7 Å². The minimum Gasteiger partial charge on any atom is -0.370 e. The molecule has 82 valence electrons. The topological polar surface area (TPSA) is 59.4 Å². The van der Waals surface area contributed by atoms with Crippen molar-refractivity contribution < 1.29 is 0 Å². The summed E-state index contributed by atoms with van der Waals surface area (Å²) in [6.07, 6.45) is 3.01. The zero-order valence-corrected chi connectivity index (χ0v) is 9.44. The summed E-state index contributed by atoms with van der Waals surface area (Å²) in [6, 6.07) is 0.258. The van der Waals surface area contributed by atoms with Gasteiger partial charge in [0.2, 0.25) is 0 Å². The van der Waals surface area contributed by atoms with Crippen molar-refractivity contribution in [2.24, 2.45) is 17.8 Å². The van der Waals surface area contributed by atoms with Crippen LogP contribution in [0.15, 0.2) is 11.2 Å². The summed E-state index contributed by atoms with van der Waals surface area (Å²) in [4.78, 5) is 6.25. The van der Waals surface area contributed by atoms with E-state index in [9.17, 15) is 0 Å². The van der Waals surface area contributed by atoms with Crippen molar-refractivity contribution in [2.75, 3.05) is 13.6 Å². The van der Waals surface area contributed by atoms with Gasteiger partial charge in [-0.05, 0) is 6.42 Å². The molecule has 0 radical (unpaired) electrons. The van der Waals surface area contributed by atoms with Crippen molar-refractivity contribution in [1.82, 2.24) is 14.7 Å². The second-order valence-corrected chi connectivity index (χ2v) is 3.88. The number of aromatic nitrogens is 2. The maximum atomic E-state index is 5.75. The lowest BCUT2D eigenvalue weighted by atomic mass is 10.1. The fraction of sp³-hybridized carbons (Fsp3) is 0.600. The summed E-state index contributed by atoms with van der Waals surface area (Å²) < 4.78 is 1.86. The summed E-state index contributed by atoms with van der Waals surface area (Å²) in [5, 5.41) is 4.43. The molecule has 5 nitrogen and oxygen atoms in total. The summed E-state index contributed by atoms with van der Waals surface area (Å²) in [6.45, 7) is 2.85. The van der Waals surface area contributed by atoms with E-state index in [1.807, 2.05) is 23.7 Å². The number of likely N-dealkylation sites (N-methyl/N-ethyl adjacent to an activating group) is 1. The predicted octanol–water partition coefficient (Wildman–Crippen LogP) is 0.284. The second-order valence-electron chi connectivity index (χ2n) is 3.88. The molecule has 0 aliphatic carbocycles. The zero-order valence-electron chi connectivity index (χ0n) is 9.44. The fourth-order valence-corrected chi connectivity index (χ4v) is 1.99. The van der Waals surface area contributed by atoms with E-state index in [-0.39, 0.29) is 6.04 Å². The minimum absolute atomic E-state index is 0.258. The highest BCUT2D eigenvalue weighted by Crippen LogP contribution is 2.26. The highest BCUT2D eigenvalue weighted by molar-refractivity contribution is 5.80. The van der Waals surface area contributed by atoms with Crippen LogP contribution >= 0.6 is 0 Å². The first-order chi connectivity index (χ1) is 7.13. The molecule has 0 spiro atoms. The Balaban J connectivity index is 2.30. The Labute approximate surface area is 89.6 Å².